The Morgan fingerprint density at radius 2 is 1.77 bits per heavy atom. The van der Waals surface area contributed by atoms with E-state index in [1.165, 1.54) is 0 Å². The second-order valence-corrected chi connectivity index (χ2v) is 6.33. The summed E-state index contributed by atoms with van der Waals surface area (Å²) < 4.78 is 11.6. The topological polar surface area (TPSA) is 50.8 Å². The summed E-state index contributed by atoms with van der Waals surface area (Å²) in [5.41, 5.74) is 0.797. The summed E-state index contributed by atoms with van der Waals surface area (Å²) in [6.45, 7) is 0.855. The van der Waals surface area contributed by atoms with Crippen molar-refractivity contribution in [2.45, 2.75) is 6.10 Å². The molecule has 5 heteroatoms. The van der Waals surface area contributed by atoms with Crippen molar-refractivity contribution in [3.63, 3.8) is 0 Å². The molecule has 26 heavy (non-hydrogen) atoms. The predicted molar refractivity (Wildman–Crippen MR) is 102 cm³/mol. The number of carbonyl (C=O) groups is 1. The van der Waals surface area contributed by atoms with E-state index in [1.54, 1.807) is 11.9 Å². The highest BCUT2D eigenvalue weighted by Gasteiger charge is 2.23. The van der Waals surface area contributed by atoms with Gasteiger partial charge in [-0.2, -0.15) is 0 Å². The van der Waals surface area contributed by atoms with Crippen LogP contribution in [0.5, 0.6) is 11.5 Å². The minimum absolute atomic E-state index is 0.177. The Labute approximate surface area is 152 Å². The number of nitrogens with zero attached hydrogens (tertiary/aromatic N) is 1. The van der Waals surface area contributed by atoms with Crippen LogP contribution in [0.2, 0.25) is 0 Å². The van der Waals surface area contributed by atoms with Gasteiger partial charge in [-0.1, -0.05) is 48.5 Å². The van der Waals surface area contributed by atoms with Crippen LogP contribution < -0.4 is 14.8 Å². The van der Waals surface area contributed by atoms with E-state index in [2.05, 4.69) is 5.32 Å². The number of anilines is 1. The van der Waals surface area contributed by atoms with E-state index in [0.717, 1.165) is 22.2 Å². The van der Waals surface area contributed by atoms with E-state index in [4.69, 9.17) is 9.47 Å². The van der Waals surface area contributed by atoms with E-state index >= 15 is 0 Å². The highest BCUT2D eigenvalue weighted by atomic mass is 16.6. The molecule has 0 saturated carbocycles. The number of amides is 2. The van der Waals surface area contributed by atoms with Gasteiger partial charge in [-0.15, -0.1) is 0 Å². The Hall–Kier alpha value is -3.21. The third kappa shape index (κ3) is 3.28. The fourth-order valence-electron chi connectivity index (χ4n) is 3.09. The number of hydrogen-bond donors (Lipinski definition) is 1. The van der Waals surface area contributed by atoms with Gasteiger partial charge in [0.2, 0.25) is 0 Å². The standard InChI is InChI=1S/C21H20N2O3/c1-23(13-16-14-25-19-11-4-5-12-20(19)26-16)21(24)22-18-10-6-8-15-7-2-3-9-17(15)18/h2-12,16H,13-14H2,1H3,(H,22,24). The van der Waals surface area contributed by atoms with Crippen molar-refractivity contribution in [3.05, 3.63) is 66.7 Å². The van der Waals surface area contributed by atoms with Crippen molar-refractivity contribution < 1.29 is 14.3 Å². The van der Waals surface area contributed by atoms with Gasteiger partial charge in [0.25, 0.3) is 0 Å². The summed E-state index contributed by atoms with van der Waals surface area (Å²) in [5, 5.41) is 5.09. The molecule has 0 aliphatic carbocycles. The molecule has 1 aliphatic rings. The number of likely N-dealkylation sites (N-methyl/N-ethyl adjacent to an activating group) is 1. The molecule has 0 bridgehead atoms. The number of nitrogens with one attached hydrogen (secondary N) is 1. The normalized spacial score (nSPS) is 15.5. The number of urea groups is 1. The van der Waals surface area contributed by atoms with Crippen molar-refractivity contribution in [1.82, 2.24) is 4.90 Å². The fraction of sp³-hybridized carbons (Fsp3) is 0.190. The van der Waals surface area contributed by atoms with Crippen molar-refractivity contribution in [3.8, 4) is 11.5 Å². The monoisotopic (exact) mass is 348 g/mol. The van der Waals surface area contributed by atoms with Gasteiger partial charge < -0.3 is 19.7 Å². The molecule has 1 unspecified atom stereocenters. The summed E-state index contributed by atoms with van der Waals surface area (Å²) >= 11 is 0. The van der Waals surface area contributed by atoms with Crippen LogP contribution in [-0.2, 0) is 0 Å². The van der Waals surface area contributed by atoms with Gasteiger partial charge in [-0.3, -0.25) is 0 Å². The van der Waals surface area contributed by atoms with Crippen molar-refractivity contribution in [2.75, 3.05) is 25.5 Å². The van der Waals surface area contributed by atoms with Gasteiger partial charge in [0.05, 0.1) is 12.2 Å². The molecule has 0 fully saturated rings. The van der Waals surface area contributed by atoms with Gasteiger partial charge in [-0.25, -0.2) is 4.79 Å². The molecule has 1 heterocycles. The number of benzene rings is 3. The second-order valence-electron chi connectivity index (χ2n) is 6.33. The minimum atomic E-state index is -0.201. The molecular weight excluding hydrogens is 328 g/mol. The molecule has 132 valence electrons. The smallest absolute Gasteiger partial charge is 0.321 e. The van der Waals surface area contributed by atoms with E-state index < -0.39 is 0 Å². The number of fused-ring (bicyclic) bond motifs is 2. The van der Waals surface area contributed by atoms with Crippen LogP contribution in [0.15, 0.2) is 66.7 Å². The molecule has 1 aliphatic heterocycles. The van der Waals surface area contributed by atoms with Crippen molar-refractivity contribution in [1.29, 1.82) is 0 Å². The average Bonchev–Trinajstić information content (AvgIpc) is 2.68. The average molecular weight is 348 g/mol. The molecule has 4 rings (SSSR count). The lowest BCUT2D eigenvalue weighted by Gasteiger charge is -2.29. The maximum absolute atomic E-state index is 12.6. The molecular formula is C21H20N2O3. The zero-order valence-electron chi connectivity index (χ0n) is 14.5. The van der Waals surface area contributed by atoms with Gasteiger partial charge in [-0.05, 0) is 23.6 Å². The first kappa shape index (κ1) is 16.3. The van der Waals surface area contributed by atoms with Crippen LogP contribution >= 0.6 is 0 Å². The summed E-state index contributed by atoms with van der Waals surface area (Å²) in [4.78, 5) is 14.2. The zero-order chi connectivity index (χ0) is 17.9. The maximum atomic E-state index is 12.6. The zero-order valence-corrected chi connectivity index (χ0v) is 14.5. The second kappa shape index (κ2) is 6.96. The van der Waals surface area contributed by atoms with Gasteiger partial charge in [0.15, 0.2) is 17.6 Å². The van der Waals surface area contributed by atoms with Crippen LogP contribution in [0.25, 0.3) is 10.8 Å². The van der Waals surface area contributed by atoms with Gasteiger partial charge in [0.1, 0.15) is 6.61 Å². The summed E-state index contributed by atoms with van der Waals surface area (Å²) in [5.74, 6) is 1.46. The molecule has 3 aromatic rings. The van der Waals surface area contributed by atoms with Crippen molar-refractivity contribution >= 4 is 22.5 Å². The predicted octanol–water partition coefficient (Wildman–Crippen LogP) is 4.14. The molecule has 0 spiro atoms. The van der Waals surface area contributed by atoms with E-state index in [0.29, 0.717) is 18.9 Å². The lowest BCUT2D eigenvalue weighted by Crippen LogP contribution is -2.43. The van der Waals surface area contributed by atoms with Crippen LogP contribution in [0.3, 0.4) is 0 Å². The number of hydrogen-bond acceptors (Lipinski definition) is 3. The molecule has 3 aromatic carbocycles. The third-order valence-electron chi connectivity index (χ3n) is 4.42. The van der Waals surface area contributed by atoms with Gasteiger partial charge >= 0.3 is 6.03 Å². The van der Waals surface area contributed by atoms with E-state index in [-0.39, 0.29) is 12.1 Å². The molecule has 0 radical (unpaired) electrons. The number of para-hydroxylation sites is 2. The Morgan fingerprint density at radius 1 is 1.04 bits per heavy atom. The fourth-order valence-corrected chi connectivity index (χ4v) is 3.09. The number of ether oxygens (including phenoxy) is 2. The molecule has 1 N–H and O–H groups in total. The Morgan fingerprint density at radius 3 is 2.65 bits per heavy atom. The third-order valence-corrected chi connectivity index (χ3v) is 4.42. The van der Waals surface area contributed by atoms with Crippen molar-refractivity contribution in [2.24, 2.45) is 0 Å². The number of carbonyl (C=O) groups excluding carboxylic acids is 1. The van der Waals surface area contributed by atoms with Gasteiger partial charge in [0, 0.05) is 12.4 Å². The minimum Gasteiger partial charge on any atom is -0.486 e. The first-order valence-electron chi connectivity index (χ1n) is 8.59. The lowest BCUT2D eigenvalue weighted by atomic mass is 10.1. The molecule has 0 aromatic heterocycles. The summed E-state index contributed by atoms with van der Waals surface area (Å²) in [6.07, 6.45) is -0.201. The number of rotatable bonds is 3. The maximum Gasteiger partial charge on any atom is 0.321 e. The molecule has 5 nitrogen and oxygen atoms in total. The first-order chi connectivity index (χ1) is 12.7. The highest BCUT2D eigenvalue weighted by molar-refractivity contribution is 6.01. The molecule has 1 atom stereocenters. The van der Waals surface area contributed by atoms with E-state index in [1.807, 2.05) is 66.7 Å². The van der Waals surface area contributed by atoms with E-state index in [9.17, 15) is 4.79 Å². The van der Waals surface area contributed by atoms with Crippen LogP contribution in [0.1, 0.15) is 0 Å². The Kier molecular flexibility index (Phi) is 4.35. The van der Waals surface area contributed by atoms with Crippen LogP contribution in [-0.4, -0.2) is 37.2 Å². The quantitative estimate of drug-likeness (QED) is 0.774. The largest absolute Gasteiger partial charge is 0.486 e. The Bertz CT molecular complexity index is 936. The van der Waals surface area contributed by atoms with Crippen LogP contribution in [0, 0.1) is 0 Å². The first-order valence-corrected chi connectivity index (χ1v) is 8.59. The summed E-state index contributed by atoms with van der Waals surface area (Å²) in [6, 6.07) is 21.2. The SMILES string of the molecule is CN(CC1COc2ccccc2O1)C(=O)Nc1cccc2ccccc12. The Balaban J connectivity index is 1.42. The summed E-state index contributed by atoms with van der Waals surface area (Å²) in [7, 11) is 1.75. The molecule has 0 saturated heterocycles. The molecule has 2 amide bonds. The highest BCUT2D eigenvalue weighted by Crippen LogP contribution is 2.31. The lowest BCUT2D eigenvalue weighted by molar-refractivity contribution is 0.0731. The van der Waals surface area contributed by atoms with Crippen LogP contribution in [0.4, 0.5) is 10.5 Å².